The van der Waals surface area contributed by atoms with Crippen molar-refractivity contribution in [2.45, 2.75) is 32.4 Å². The second kappa shape index (κ2) is 5.53. The second-order valence-corrected chi connectivity index (χ2v) is 5.41. The van der Waals surface area contributed by atoms with Crippen LogP contribution < -0.4 is 10.2 Å². The molecule has 104 valence electrons. The third-order valence-electron chi connectivity index (χ3n) is 4.13. The van der Waals surface area contributed by atoms with Crippen molar-refractivity contribution >= 4 is 11.5 Å². The Balaban J connectivity index is 1.94. The van der Waals surface area contributed by atoms with Gasteiger partial charge in [0.1, 0.15) is 5.82 Å². The van der Waals surface area contributed by atoms with Crippen molar-refractivity contribution in [3.63, 3.8) is 0 Å². The maximum Gasteiger partial charge on any atom is 0.130 e. The zero-order valence-corrected chi connectivity index (χ0v) is 12.1. The van der Waals surface area contributed by atoms with Crippen LogP contribution in [0.5, 0.6) is 0 Å². The number of aryl methyl sites for hydroxylation is 1. The standard InChI is InChI=1S/C17H21N3/c1-13-9-10-14-6-3-4-8-16(14)20(13)12-15-7-5-11-19-17(15)18-2/h3-8,11,13H,9-10,12H2,1-2H3,(H,18,19). The van der Waals surface area contributed by atoms with Gasteiger partial charge in [0.05, 0.1) is 0 Å². The van der Waals surface area contributed by atoms with Gasteiger partial charge in [-0.2, -0.15) is 0 Å². The third-order valence-corrected chi connectivity index (χ3v) is 4.13. The quantitative estimate of drug-likeness (QED) is 0.923. The Kier molecular flexibility index (Phi) is 3.59. The van der Waals surface area contributed by atoms with Gasteiger partial charge in [-0.15, -0.1) is 0 Å². The fourth-order valence-electron chi connectivity index (χ4n) is 2.98. The van der Waals surface area contributed by atoms with Gasteiger partial charge >= 0.3 is 0 Å². The summed E-state index contributed by atoms with van der Waals surface area (Å²) in [4.78, 5) is 6.90. The molecule has 0 saturated carbocycles. The second-order valence-electron chi connectivity index (χ2n) is 5.41. The Labute approximate surface area is 120 Å². The fraction of sp³-hybridized carbons (Fsp3) is 0.353. The molecule has 0 aliphatic carbocycles. The van der Waals surface area contributed by atoms with Crippen LogP contribution in [-0.4, -0.2) is 18.1 Å². The Hall–Kier alpha value is -2.03. The number of para-hydroxylation sites is 1. The smallest absolute Gasteiger partial charge is 0.130 e. The number of rotatable bonds is 3. The average molecular weight is 267 g/mol. The molecule has 20 heavy (non-hydrogen) atoms. The molecule has 0 radical (unpaired) electrons. The van der Waals surface area contributed by atoms with E-state index in [0.29, 0.717) is 6.04 Å². The molecule has 0 bridgehead atoms. The van der Waals surface area contributed by atoms with E-state index in [0.717, 1.165) is 12.4 Å². The van der Waals surface area contributed by atoms with Crippen LogP contribution in [0.15, 0.2) is 42.6 Å². The highest BCUT2D eigenvalue weighted by molar-refractivity contribution is 5.58. The van der Waals surface area contributed by atoms with E-state index < -0.39 is 0 Å². The van der Waals surface area contributed by atoms with Gasteiger partial charge in [0.25, 0.3) is 0 Å². The average Bonchev–Trinajstić information content (AvgIpc) is 2.50. The van der Waals surface area contributed by atoms with E-state index in [-0.39, 0.29) is 0 Å². The fourth-order valence-corrected chi connectivity index (χ4v) is 2.98. The molecule has 0 fully saturated rings. The van der Waals surface area contributed by atoms with Crippen LogP contribution in [0, 0.1) is 0 Å². The number of pyridine rings is 1. The number of anilines is 2. The molecule has 3 rings (SSSR count). The zero-order chi connectivity index (χ0) is 13.9. The van der Waals surface area contributed by atoms with E-state index >= 15 is 0 Å². The predicted molar refractivity (Wildman–Crippen MR) is 84.2 cm³/mol. The number of aromatic nitrogens is 1. The van der Waals surface area contributed by atoms with Gasteiger partial charge in [-0.3, -0.25) is 0 Å². The lowest BCUT2D eigenvalue weighted by atomic mass is 9.96. The Morgan fingerprint density at radius 3 is 2.95 bits per heavy atom. The highest BCUT2D eigenvalue weighted by Crippen LogP contribution is 2.32. The van der Waals surface area contributed by atoms with Crippen LogP contribution in [-0.2, 0) is 13.0 Å². The lowest BCUT2D eigenvalue weighted by Gasteiger charge is -2.37. The molecule has 1 atom stereocenters. The molecule has 1 unspecified atom stereocenters. The molecular weight excluding hydrogens is 246 g/mol. The molecule has 1 aromatic carbocycles. The van der Waals surface area contributed by atoms with E-state index in [1.807, 2.05) is 19.3 Å². The van der Waals surface area contributed by atoms with Crippen molar-refractivity contribution < 1.29 is 0 Å². The molecule has 1 aliphatic rings. The topological polar surface area (TPSA) is 28.2 Å². The van der Waals surface area contributed by atoms with Gasteiger partial charge in [0, 0.05) is 37.1 Å². The summed E-state index contributed by atoms with van der Waals surface area (Å²) in [5.74, 6) is 0.975. The number of nitrogens with zero attached hydrogens (tertiary/aromatic N) is 2. The van der Waals surface area contributed by atoms with E-state index in [9.17, 15) is 0 Å². The Morgan fingerprint density at radius 2 is 2.10 bits per heavy atom. The minimum atomic E-state index is 0.565. The molecule has 2 heterocycles. The number of nitrogens with one attached hydrogen (secondary N) is 1. The lowest BCUT2D eigenvalue weighted by Crippen LogP contribution is -2.36. The van der Waals surface area contributed by atoms with E-state index in [2.05, 4.69) is 52.5 Å². The lowest BCUT2D eigenvalue weighted by molar-refractivity contribution is 0.560. The molecule has 1 aromatic heterocycles. The van der Waals surface area contributed by atoms with E-state index in [1.54, 1.807) is 0 Å². The molecule has 1 N–H and O–H groups in total. The van der Waals surface area contributed by atoms with E-state index in [1.165, 1.54) is 29.7 Å². The summed E-state index contributed by atoms with van der Waals surface area (Å²) in [6.07, 6.45) is 4.23. The van der Waals surface area contributed by atoms with Crippen molar-refractivity contribution in [3.05, 3.63) is 53.7 Å². The van der Waals surface area contributed by atoms with Crippen LogP contribution in [0.2, 0.25) is 0 Å². The number of hydrogen-bond acceptors (Lipinski definition) is 3. The van der Waals surface area contributed by atoms with Crippen LogP contribution in [0.1, 0.15) is 24.5 Å². The first-order chi connectivity index (χ1) is 9.79. The molecular formula is C17H21N3. The van der Waals surface area contributed by atoms with Gasteiger partial charge in [-0.05, 0) is 37.5 Å². The molecule has 1 aliphatic heterocycles. The minimum Gasteiger partial charge on any atom is -0.373 e. The summed E-state index contributed by atoms with van der Waals surface area (Å²) in [6.45, 7) is 3.22. The first kappa shape index (κ1) is 13.0. The molecule has 0 amide bonds. The van der Waals surface area contributed by atoms with Gasteiger partial charge < -0.3 is 10.2 Å². The Bertz CT molecular complexity index is 594. The van der Waals surface area contributed by atoms with Gasteiger partial charge in [0.15, 0.2) is 0 Å². The summed E-state index contributed by atoms with van der Waals surface area (Å²) in [7, 11) is 1.93. The monoisotopic (exact) mass is 267 g/mol. The molecule has 3 nitrogen and oxygen atoms in total. The minimum absolute atomic E-state index is 0.565. The number of fused-ring (bicyclic) bond motifs is 1. The summed E-state index contributed by atoms with van der Waals surface area (Å²) in [6, 6.07) is 13.5. The summed E-state index contributed by atoms with van der Waals surface area (Å²) < 4.78 is 0. The van der Waals surface area contributed by atoms with Crippen LogP contribution in [0.4, 0.5) is 11.5 Å². The van der Waals surface area contributed by atoms with Crippen molar-refractivity contribution in [1.82, 2.24) is 4.98 Å². The highest BCUT2D eigenvalue weighted by Gasteiger charge is 2.23. The van der Waals surface area contributed by atoms with Crippen molar-refractivity contribution in [2.24, 2.45) is 0 Å². The first-order valence-electron chi connectivity index (χ1n) is 7.26. The first-order valence-corrected chi connectivity index (χ1v) is 7.26. The summed E-state index contributed by atoms with van der Waals surface area (Å²) in [5, 5.41) is 3.19. The Morgan fingerprint density at radius 1 is 1.25 bits per heavy atom. The maximum atomic E-state index is 4.41. The van der Waals surface area contributed by atoms with Crippen molar-refractivity contribution in [1.29, 1.82) is 0 Å². The maximum absolute atomic E-state index is 4.41. The number of hydrogen-bond donors (Lipinski definition) is 1. The van der Waals surface area contributed by atoms with Crippen molar-refractivity contribution in [3.8, 4) is 0 Å². The highest BCUT2D eigenvalue weighted by atomic mass is 15.2. The van der Waals surface area contributed by atoms with E-state index in [4.69, 9.17) is 0 Å². The molecule has 0 saturated heterocycles. The van der Waals surface area contributed by atoms with Crippen LogP contribution in [0.3, 0.4) is 0 Å². The van der Waals surface area contributed by atoms with Crippen molar-refractivity contribution in [2.75, 3.05) is 17.3 Å². The summed E-state index contributed by atoms with van der Waals surface area (Å²) in [5.41, 5.74) is 4.08. The molecule has 0 spiro atoms. The van der Waals surface area contributed by atoms with Gasteiger partial charge in [-0.25, -0.2) is 4.98 Å². The largest absolute Gasteiger partial charge is 0.373 e. The summed E-state index contributed by atoms with van der Waals surface area (Å²) >= 11 is 0. The molecule has 2 aromatic rings. The zero-order valence-electron chi connectivity index (χ0n) is 12.1. The van der Waals surface area contributed by atoms with Gasteiger partial charge in [0.2, 0.25) is 0 Å². The van der Waals surface area contributed by atoms with Crippen LogP contribution in [0.25, 0.3) is 0 Å². The number of benzene rings is 1. The van der Waals surface area contributed by atoms with Gasteiger partial charge in [-0.1, -0.05) is 24.3 Å². The molecule has 3 heteroatoms. The SMILES string of the molecule is CNc1ncccc1CN1c2ccccc2CCC1C. The predicted octanol–water partition coefficient (Wildman–Crippen LogP) is 3.46. The third kappa shape index (κ3) is 2.36. The van der Waals surface area contributed by atoms with Crippen LogP contribution >= 0.6 is 0 Å². The normalized spacial score (nSPS) is 17.7.